The molecule has 0 saturated heterocycles. The summed E-state index contributed by atoms with van der Waals surface area (Å²) in [7, 11) is -5.77. The van der Waals surface area contributed by atoms with Crippen LogP contribution < -0.4 is 5.14 Å². The molecule has 4 nitrogen and oxygen atoms in total. The van der Waals surface area contributed by atoms with Gasteiger partial charge in [-0.25, -0.2) is 13.6 Å². The first-order chi connectivity index (χ1) is 12.8. The number of nitrogens with two attached hydrogens (primary N) is 1. The molecule has 2 atom stereocenters. The fourth-order valence-corrected chi connectivity index (χ4v) is 10.1. The van der Waals surface area contributed by atoms with Gasteiger partial charge in [-0.15, -0.1) is 0 Å². The van der Waals surface area contributed by atoms with Crippen LogP contribution in [0.1, 0.15) is 77.0 Å². The van der Waals surface area contributed by atoms with Crippen LogP contribution in [0, 0.1) is 0 Å². The Morgan fingerprint density at radius 3 is 1.74 bits per heavy atom. The quantitative estimate of drug-likeness (QED) is 0.394. The second kappa shape index (κ2) is 12.0. The molecule has 0 bridgehead atoms. The highest BCUT2D eigenvalue weighted by Gasteiger charge is 2.39. The second-order valence-electron chi connectivity index (χ2n) is 7.74. The van der Waals surface area contributed by atoms with Crippen molar-refractivity contribution in [3.63, 3.8) is 0 Å². The fraction of sp³-hybridized carbons (Fsp3) is 0.714. The average molecular weight is 414 g/mol. The molecule has 0 saturated carbocycles. The molecule has 1 rings (SSSR count). The Morgan fingerprint density at radius 2 is 1.37 bits per heavy atom. The molecule has 0 radical (unpaired) electrons. The highest BCUT2D eigenvalue weighted by atomic mass is 32.2. The molecule has 0 heterocycles. The molecule has 27 heavy (non-hydrogen) atoms. The van der Waals surface area contributed by atoms with Crippen LogP contribution >= 0.6 is 0 Å². The van der Waals surface area contributed by atoms with Crippen LogP contribution in [-0.2, 0) is 14.4 Å². The minimum absolute atomic E-state index is 0.431. The molecular weight excluding hydrogens is 374 g/mol. The number of hydrogen-bond donors (Lipinski definition) is 1. The number of primary sulfonamides is 1. The Balaban J connectivity index is 3.16. The molecule has 0 spiro atoms. The first kappa shape index (κ1) is 24.3. The molecule has 156 valence electrons. The molecule has 0 fully saturated rings. The zero-order chi connectivity index (χ0) is 20.3. The van der Waals surface area contributed by atoms with Crippen LogP contribution in [0.2, 0.25) is 18.1 Å². The summed E-state index contributed by atoms with van der Waals surface area (Å²) in [6.07, 6.45) is 6.44. The smallest absolute Gasteiger partial charge is 0.218 e. The van der Waals surface area contributed by atoms with Crippen molar-refractivity contribution in [2.75, 3.05) is 0 Å². The van der Waals surface area contributed by atoms with E-state index in [9.17, 15) is 8.42 Å². The SMILES string of the molecule is CCCC[Si](CCCC)(CCCC)O[C@H](C)[C@@H](c1ccccc1)S(N)(=O)=O. The van der Waals surface area contributed by atoms with E-state index in [4.69, 9.17) is 9.56 Å². The lowest BCUT2D eigenvalue weighted by Gasteiger charge is -2.37. The molecular formula is C21H39NO3SSi. The van der Waals surface area contributed by atoms with Gasteiger partial charge in [-0.3, -0.25) is 0 Å². The Kier molecular flexibility index (Phi) is 10.8. The molecule has 0 unspecified atom stereocenters. The van der Waals surface area contributed by atoms with Gasteiger partial charge in [-0.05, 0) is 30.6 Å². The summed E-state index contributed by atoms with van der Waals surface area (Å²) < 4.78 is 31.6. The topological polar surface area (TPSA) is 69.4 Å². The van der Waals surface area contributed by atoms with Crippen LogP contribution in [0.4, 0.5) is 0 Å². The van der Waals surface area contributed by atoms with Gasteiger partial charge < -0.3 is 4.43 Å². The van der Waals surface area contributed by atoms with E-state index >= 15 is 0 Å². The van der Waals surface area contributed by atoms with Gasteiger partial charge in [-0.2, -0.15) is 0 Å². The Hall–Kier alpha value is -0.693. The number of sulfonamides is 1. The zero-order valence-corrected chi connectivity index (χ0v) is 19.4. The second-order valence-corrected chi connectivity index (χ2v) is 13.5. The minimum Gasteiger partial charge on any atom is -0.412 e. The van der Waals surface area contributed by atoms with Gasteiger partial charge in [0.05, 0.1) is 6.10 Å². The summed E-state index contributed by atoms with van der Waals surface area (Å²) in [5.74, 6) is 0. The molecule has 0 amide bonds. The van der Waals surface area contributed by atoms with Crippen molar-refractivity contribution in [3.8, 4) is 0 Å². The van der Waals surface area contributed by atoms with Crippen molar-refractivity contribution >= 4 is 18.3 Å². The van der Waals surface area contributed by atoms with E-state index in [-0.39, 0.29) is 0 Å². The summed E-state index contributed by atoms with van der Waals surface area (Å²) >= 11 is 0. The molecule has 1 aromatic rings. The van der Waals surface area contributed by atoms with Crippen molar-refractivity contribution in [1.29, 1.82) is 0 Å². The lowest BCUT2D eigenvalue weighted by Crippen LogP contribution is -2.44. The van der Waals surface area contributed by atoms with E-state index in [1.165, 1.54) is 0 Å². The minimum atomic E-state index is -3.75. The fourth-order valence-electron chi connectivity index (χ4n) is 3.88. The summed E-state index contributed by atoms with van der Waals surface area (Å²) in [5, 5.41) is 4.83. The van der Waals surface area contributed by atoms with E-state index in [1.807, 2.05) is 37.3 Å². The Bertz CT molecular complexity index is 600. The normalized spacial score (nSPS) is 14.9. The van der Waals surface area contributed by atoms with Gasteiger partial charge >= 0.3 is 0 Å². The molecule has 0 aliphatic heterocycles. The van der Waals surface area contributed by atoms with Crippen molar-refractivity contribution in [3.05, 3.63) is 35.9 Å². The van der Waals surface area contributed by atoms with Gasteiger partial charge in [0.15, 0.2) is 8.32 Å². The average Bonchev–Trinajstić information content (AvgIpc) is 2.62. The Labute approximate surface area is 168 Å². The third kappa shape index (κ3) is 8.06. The lowest BCUT2D eigenvalue weighted by molar-refractivity contribution is 0.196. The third-order valence-electron chi connectivity index (χ3n) is 5.30. The van der Waals surface area contributed by atoms with Gasteiger partial charge in [0.2, 0.25) is 10.0 Å². The summed E-state index contributed by atoms with van der Waals surface area (Å²) in [6, 6.07) is 12.6. The molecule has 1 aromatic carbocycles. The number of benzene rings is 1. The highest BCUT2D eigenvalue weighted by Crippen LogP contribution is 2.35. The highest BCUT2D eigenvalue weighted by molar-refractivity contribution is 7.89. The lowest BCUT2D eigenvalue weighted by atomic mass is 10.1. The van der Waals surface area contributed by atoms with Gasteiger partial charge in [0.25, 0.3) is 0 Å². The number of rotatable bonds is 14. The van der Waals surface area contributed by atoms with Crippen molar-refractivity contribution in [1.82, 2.24) is 0 Å². The monoisotopic (exact) mass is 413 g/mol. The van der Waals surface area contributed by atoms with Crippen LogP contribution in [0.5, 0.6) is 0 Å². The van der Waals surface area contributed by atoms with E-state index in [1.54, 1.807) is 0 Å². The zero-order valence-electron chi connectivity index (χ0n) is 17.6. The first-order valence-electron chi connectivity index (χ1n) is 10.5. The maximum atomic E-state index is 12.4. The predicted octanol–water partition coefficient (Wildman–Crippen LogP) is 5.77. The van der Waals surface area contributed by atoms with E-state index in [2.05, 4.69) is 20.8 Å². The molecule has 0 aliphatic rings. The van der Waals surface area contributed by atoms with Crippen molar-refractivity contribution in [2.24, 2.45) is 5.14 Å². The van der Waals surface area contributed by atoms with Crippen molar-refractivity contribution in [2.45, 2.75) is 95.7 Å². The maximum Gasteiger partial charge on any atom is 0.218 e. The molecule has 0 aliphatic carbocycles. The van der Waals surface area contributed by atoms with Crippen molar-refractivity contribution < 1.29 is 12.8 Å². The van der Waals surface area contributed by atoms with E-state index < -0.39 is 29.7 Å². The maximum absolute atomic E-state index is 12.4. The van der Waals surface area contributed by atoms with Gasteiger partial charge in [0, 0.05) is 0 Å². The summed E-state index contributed by atoms with van der Waals surface area (Å²) in [4.78, 5) is 0. The van der Waals surface area contributed by atoms with Crippen LogP contribution in [0.25, 0.3) is 0 Å². The molecule has 2 N–H and O–H groups in total. The van der Waals surface area contributed by atoms with Gasteiger partial charge in [-0.1, -0.05) is 89.6 Å². The predicted molar refractivity (Wildman–Crippen MR) is 118 cm³/mol. The summed E-state index contributed by atoms with van der Waals surface area (Å²) in [5.41, 5.74) is 0.719. The van der Waals surface area contributed by atoms with Crippen LogP contribution in [-0.4, -0.2) is 22.8 Å². The van der Waals surface area contributed by atoms with E-state index in [0.29, 0.717) is 0 Å². The summed E-state index contributed by atoms with van der Waals surface area (Å²) in [6.45, 7) is 8.52. The van der Waals surface area contributed by atoms with E-state index in [0.717, 1.165) is 62.2 Å². The van der Waals surface area contributed by atoms with Crippen LogP contribution in [0.15, 0.2) is 30.3 Å². The molecule has 6 heteroatoms. The third-order valence-corrected chi connectivity index (χ3v) is 11.3. The number of unbranched alkanes of at least 4 members (excludes halogenated alkanes) is 3. The van der Waals surface area contributed by atoms with Crippen LogP contribution in [0.3, 0.4) is 0 Å². The standard InChI is InChI=1S/C21H39NO3SSi/c1-5-8-16-27(17-9-6-2,18-10-7-3)25-19(4)21(26(22,23)24)20-14-12-11-13-15-20/h11-15,19,21H,5-10,16-18H2,1-4H3,(H2,22,23,24)/t19-,21+/m1/s1. The van der Waals surface area contributed by atoms with Gasteiger partial charge in [0.1, 0.15) is 5.25 Å². The largest absolute Gasteiger partial charge is 0.412 e. The Morgan fingerprint density at radius 1 is 0.926 bits per heavy atom. The first-order valence-corrected chi connectivity index (χ1v) is 14.7. The number of hydrogen-bond acceptors (Lipinski definition) is 3. The molecule has 0 aromatic heterocycles.